The molecular formula is C41H33N. The van der Waals surface area contributed by atoms with Gasteiger partial charge < -0.3 is 0 Å². The van der Waals surface area contributed by atoms with Crippen LogP contribution in [0.25, 0.3) is 45.7 Å². The highest BCUT2D eigenvalue weighted by atomic mass is 14.7. The molecule has 202 valence electrons. The quantitative estimate of drug-likeness (QED) is 0.246. The van der Waals surface area contributed by atoms with E-state index in [1.807, 2.05) is 12.3 Å². The second-order valence-electron chi connectivity index (χ2n) is 11.9. The summed E-state index contributed by atoms with van der Waals surface area (Å²) in [7, 11) is 0. The first kappa shape index (κ1) is 25.0. The Morgan fingerprint density at radius 2 is 1.67 bits per heavy atom. The lowest BCUT2D eigenvalue weighted by Gasteiger charge is -2.13. The standard InChI is InChI=1S/C41H33N/c1-3-27-23-39-37-24-29-13-5-4-11-28(29)12-6-7-15-33(26(37)2)38(39)25-31(27)22-32-21-30-14-10-16-36-35(19-18-34(32)41(30)36)40-17-8-9-20-42-40/h3-7,9-11,13-16,18-20,22-26H,1,8,12,17,21H2,2H3/b7-6-,32-22+,33-15+,37-24?. The van der Waals surface area contributed by atoms with Crippen molar-refractivity contribution in [3.63, 3.8) is 0 Å². The lowest BCUT2D eigenvalue weighted by atomic mass is 9.92. The number of benzene rings is 4. The van der Waals surface area contributed by atoms with Crippen molar-refractivity contribution >= 4 is 51.4 Å². The van der Waals surface area contributed by atoms with Gasteiger partial charge in [-0.1, -0.05) is 111 Å². The number of hydrogen-bond acceptors (Lipinski definition) is 1. The van der Waals surface area contributed by atoms with E-state index in [0.29, 0.717) is 5.92 Å². The van der Waals surface area contributed by atoms with E-state index >= 15 is 0 Å². The van der Waals surface area contributed by atoms with Crippen LogP contribution >= 0.6 is 0 Å². The predicted octanol–water partition coefficient (Wildman–Crippen LogP) is 10.4. The van der Waals surface area contributed by atoms with E-state index in [9.17, 15) is 0 Å². The molecule has 0 saturated carbocycles. The molecule has 0 saturated heterocycles. The Morgan fingerprint density at radius 3 is 2.55 bits per heavy atom. The van der Waals surface area contributed by atoms with Gasteiger partial charge in [-0.25, -0.2) is 0 Å². The van der Waals surface area contributed by atoms with E-state index < -0.39 is 0 Å². The molecule has 1 heteroatoms. The molecule has 4 aliphatic rings. The normalized spacial score (nSPS) is 21.3. The molecule has 0 radical (unpaired) electrons. The second kappa shape index (κ2) is 9.96. The molecule has 42 heavy (non-hydrogen) atoms. The summed E-state index contributed by atoms with van der Waals surface area (Å²) >= 11 is 0. The van der Waals surface area contributed by atoms with Crippen LogP contribution in [0.1, 0.15) is 69.8 Å². The Balaban J connectivity index is 1.28. The molecule has 8 rings (SSSR count). The maximum Gasteiger partial charge on any atom is 0.0485 e. The summed E-state index contributed by atoms with van der Waals surface area (Å²) in [5, 5.41) is 2.72. The van der Waals surface area contributed by atoms with E-state index in [1.54, 1.807) is 0 Å². The number of nitrogens with zero attached hydrogens (tertiary/aromatic N) is 1. The third-order valence-electron chi connectivity index (χ3n) is 9.49. The number of rotatable bonds is 3. The minimum absolute atomic E-state index is 0.330. The van der Waals surface area contributed by atoms with Crippen molar-refractivity contribution in [2.75, 3.05) is 0 Å². The van der Waals surface area contributed by atoms with Crippen molar-refractivity contribution in [1.29, 1.82) is 0 Å². The summed E-state index contributed by atoms with van der Waals surface area (Å²) in [5.41, 5.74) is 17.2. The average molecular weight is 540 g/mol. The Kier molecular flexibility index (Phi) is 5.93. The molecule has 1 heterocycles. The van der Waals surface area contributed by atoms with Gasteiger partial charge in [0.1, 0.15) is 0 Å². The van der Waals surface area contributed by atoms with Gasteiger partial charge in [0.05, 0.1) is 0 Å². The van der Waals surface area contributed by atoms with Gasteiger partial charge in [0.15, 0.2) is 0 Å². The van der Waals surface area contributed by atoms with Gasteiger partial charge in [-0.3, -0.25) is 4.99 Å². The van der Waals surface area contributed by atoms with E-state index in [0.717, 1.165) is 25.7 Å². The SMILES string of the molecule is C=Cc1cc2c(cc1/C=C1\Cc3cccc4c(C5=NC=CCC5)ccc1c34)/C1=C/C=C\Cc3ccccc3C=C2C1C. The van der Waals surface area contributed by atoms with Crippen molar-refractivity contribution in [2.24, 2.45) is 10.9 Å². The van der Waals surface area contributed by atoms with Crippen LogP contribution in [0.15, 0.2) is 109 Å². The fraction of sp³-hybridized carbons (Fsp3) is 0.146. The van der Waals surface area contributed by atoms with Crippen LogP contribution in [0.3, 0.4) is 0 Å². The molecule has 1 unspecified atom stereocenters. The van der Waals surface area contributed by atoms with Crippen LogP contribution in [-0.2, 0) is 12.8 Å². The van der Waals surface area contributed by atoms with Crippen molar-refractivity contribution in [2.45, 2.75) is 32.6 Å². The summed E-state index contributed by atoms with van der Waals surface area (Å²) in [6, 6.07) is 25.0. The first-order valence-corrected chi connectivity index (χ1v) is 15.1. The van der Waals surface area contributed by atoms with Crippen molar-refractivity contribution in [3.8, 4) is 0 Å². The summed E-state index contributed by atoms with van der Waals surface area (Å²) in [5.74, 6) is 0.330. The molecule has 0 spiro atoms. The average Bonchev–Trinajstić information content (AvgIpc) is 3.50. The van der Waals surface area contributed by atoms with E-state index in [-0.39, 0.29) is 0 Å². The fourth-order valence-corrected chi connectivity index (χ4v) is 7.35. The minimum atomic E-state index is 0.330. The number of allylic oxidation sites excluding steroid dienone is 7. The van der Waals surface area contributed by atoms with Gasteiger partial charge in [0.25, 0.3) is 0 Å². The fourth-order valence-electron chi connectivity index (χ4n) is 7.35. The van der Waals surface area contributed by atoms with E-state index in [4.69, 9.17) is 4.99 Å². The molecule has 4 aromatic rings. The maximum atomic E-state index is 4.74. The van der Waals surface area contributed by atoms with Crippen LogP contribution in [0, 0.1) is 5.92 Å². The van der Waals surface area contributed by atoms with Gasteiger partial charge in [-0.15, -0.1) is 0 Å². The number of hydrogen-bond donors (Lipinski definition) is 0. The van der Waals surface area contributed by atoms with Gasteiger partial charge in [-0.2, -0.15) is 0 Å². The first-order valence-electron chi connectivity index (χ1n) is 15.1. The summed E-state index contributed by atoms with van der Waals surface area (Å²) in [4.78, 5) is 4.74. The van der Waals surface area contributed by atoms with E-state index in [1.165, 1.54) is 83.3 Å². The Hall–Kier alpha value is -4.75. The zero-order valence-corrected chi connectivity index (χ0v) is 24.0. The van der Waals surface area contributed by atoms with Crippen LogP contribution in [0.4, 0.5) is 0 Å². The minimum Gasteiger partial charge on any atom is -0.261 e. The molecule has 0 N–H and O–H groups in total. The summed E-state index contributed by atoms with van der Waals surface area (Å²) in [6.45, 7) is 6.59. The second-order valence-corrected chi connectivity index (χ2v) is 11.9. The monoisotopic (exact) mass is 539 g/mol. The van der Waals surface area contributed by atoms with Crippen LogP contribution in [-0.4, -0.2) is 5.71 Å². The predicted molar refractivity (Wildman–Crippen MR) is 181 cm³/mol. The van der Waals surface area contributed by atoms with Gasteiger partial charge >= 0.3 is 0 Å². The highest BCUT2D eigenvalue weighted by molar-refractivity contribution is 6.16. The molecule has 4 aromatic carbocycles. The van der Waals surface area contributed by atoms with Crippen molar-refractivity contribution < 1.29 is 0 Å². The number of fused-ring (bicyclic) bond motifs is 6. The maximum absolute atomic E-state index is 4.74. The van der Waals surface area contributed by atoms with Gasteiger partial charge in [0.2, 0.25) is 0 Å². The third kappa shape index (κ3) is 3.96. The third-order valence-corrected chi connectivity index (χ3v) is 9.49. The van der Waals surface area contributed by atoms with Crippen molar-refractivity contribution in [3.05, 3.63) is 154 Å². The molecule has 1 aliphatic heterocycles. The topological polar surface area (TPSA) is 12.4 Å². The zero-order valence-electron chi connectivity index (χ0n) is 24.0. The van der Waals surface area contributed by atoms with Crippen molar-refractivity contribution in [1.82, 2.24) is 0 Å². The molecule has 0 aromatic heterocycles. The molecule has 1 atom stereocenters. The van der Waals surface area contributed by atoms with Gasteiger partial charge in [0, 0.05) is 23.4 Å². The smallest absolute Gasteiger partial charge is 0.0485 e. The van der Waals surface area contributed by atoms with Crippen LogP contribution in [0.2, 0.25) is 0 Å². The molecule has 0 fully saturated rings. The Bertz CT molecular complexity index is 2000. The number of aliphatic imine (C=N–C) groups is 1. The largest absolute Gasteiger partial charge is 0.261 e. The van der Waals surface area contributed by atoms with Gasteiger partial charge in [-0.05, 0) is 110 Å². The highest BCUT2D eigenvalue weighted by Crippen LogP contribution is 2.48. The Morgan fingerprint density at radius 1 is 0.833 bits per heavy atom. The molecule has 0 amide bonds. The molecular weight excluding hydrogens is 506 g/mol. The lowest BCUT2D eigenvalue weighted by molar-refractivity contribution is 1.02. The molecule has 1 nitrogen and oxygen atoms in total. The Labute approximate surface area is 248 Å². The summed E-state index contributed by atoms with van der Waals surface area (Å²) < 4.78 is 0. The van der Waals surface area contributed by atoms with Crippen LogP contribution in [0.5, 0.6) is 0 Å². The highest BCUT2D eigenvalue weighted by Gasteiger charge is 2.30. The molecule has 2 bridgehead atoms. The molecule has 3 aliphatic carbocycles. The summed E-state index contributed by atoms with van der Waals surface area (Å²) in [6.07, 6.45) is 21.8. The first-order chi connectivity index (χ1) is 20.7. The lowest BCUT2D eigenvalue weighted by Crippen LogP contribution is -2.03. The van der Waals surface area contributed by atoms with Crippen LogP contribution < -0.4 is 0 Å². The van der Waals surface area contributed by atoms with E-state index in [2.05, 4.69) is 117 Å². The zero-order chi connectivity index (χ0) is 28.2.